The lowest BCUT2D eigenvalue weighted by atomic mass is 10.2. The minimum atomic E-state index is 0.463. The Labute approximate surface area is 77.5 Å². The molecule has 1 atom stereocenters. The lowest BCUT2D eigenvalue weighted by Gasteiger charge is -2.12. The van der Waals surface area contributed by atoms with E-state index in [2.05, 4.69) is 22.4 Å². The summed E-state index contributed by atoms with van der Waals surface area (Å²) >= 11 is 0. The van der Waals surface area contributed by atoms with Gasteiger partial charge in [-0.25, -0.2) is 0 Å². The zero-order valence-corrected chi connectivity index (χ0v) is 7.70. The maximum atomic E-state index is 5.43. The van der Waals surface area contributed by atoms with E-state index in [1.54, 1.807) is 6.07 Å². The van der Waals surface area contributed by atoms with Crippen molar-refractivity contribution in [1.29, 1.82) is 0 Å². The summed E-state index contributed by atoms with van der Waals surface area (Å²) in [4.78, 5) is 0. The molecule has 0 amide bonds. The molecule has 70 valence electrons. The molecule has 1 saturated carbocycles. The summed E-state index contributed by atoms with van der Waals surface area (Å²) in [6.07, 6.45) is 2.66. The molecular weight excluding hydrogens is 164 g/mol. The Balaban J connectivity index is 1.96. The molecule has 3 N–H and O–H groups in total. The number of nitrogens with one attached hydrogen (secondary N) is 1. The molecule has 2 rings (SSSR count). The van der Waals surface area contributed by atoms with E-state index < -0.39 is 0 Å². The van der Waals surface area contributed by atoms with Gasteiger partial charge in [0.2, 0.25) is 0 Å². The number of nitrogens with zero attached hydrogens (tertiary/aromatic N) is 2. The minimum absolute atomic E-state index is 0.463. The second-order valence-electron chi connectivity index (χ2n) is 3.61. The monoisotopic (exact) mass is 178 g/mol. The molecule has 0 spiro atoms. The van der Waals surface area contributed by atoms with Crippen molar-refractivity contribution in [2.24, 2.45) is 5.92 Å². The first kappa shape index (κ1) is 8.29. The fraction of sp³-hybridized carbons (Fsp3) is 0.556. The highest BCUT2D eigenvalue weighted by Crippen LogP contribution is 2.33. The highest BCUT2D eigenvalue weighted by atomic mass is 15.2. The van der Waals surface area contributed by atoms with Crippen LogP contribution in [0.2, 0.25) is 0 Å². The third-order valence-electron chi connectivity index (χ3n) is 2.39. The van der Waals surface area contributed by atoms with Crippen LogP contribution in [-0.4, -0.2) is 16.2 Å². The van der Waals surface area contributed by atoms with Crippen LogP contribution in [-0.2, 0) is 0 Å². The summed E-state index contributed by atoms with van der Waals surface area (Å²) < 4.78 is 0. The van der Waals surface area contributed by atoms with Crippen molar-refractivity contribution < 1.29 is 0 Å². The van der Waals surface area contributed by atoms with Gasteiger partial charge in [0.25, 0.3) is 0 Å². The molecule has 1 aromatic heterocycles. The first-order valence-corrected chi connectivity index (χ1v) is 4.61. The summed E-state index contributed by atoms with van der Waals surface area (Å²) in [6.45, 7) is 2.18. The fourth-order valence-corrected chi connectivity index (χ4v) is 1.37. The Bertz CT molecular complexity index is 278. The fourth-order valence-electron chi connectivity index (χ4n) is 1.37. The van der Waals surface area contributed by atoms with Crippen LogP contribution in [0.25, 0.3) is 0 Å². The summed E-state index contributed by atoms with van der Waals surface area (Å²) in [5.74, 6) is 2.09. The van der Waals surface area contributed by atoms with E-state index in [1.807, 2.05) is 6.07 Å². The Morgan fingerprint density at radius 1 is 1.46 bits per heavy atom. The van der Waals surface area contributed by atoms with E-state index in [0.29, 0.717) is 11.9 Å². The van der Waals surface area contributed by atoms with Gasteiger partial charge in [0.05, 0.1) is 0 Å². The van der Waals surface area contributed by atoms with Crippen molar-refractivity contribution in [3.05, 3.63) is 12.1 Å². The summed E-state index contributed by atoms with van der Waals surface area (Å²) in [7, 11) is 0. The molecule has 1 fully saturated rings. The van der Waals surface area contributed by atoms with Crippen molar-refractivity contribution in [3.8, 4) is 0 Å². The van der Waals surface area contributed by atoms with Crippen LogP contribution in [0.3, 0.4) is 0 Å². The molecule has 4 nitrogen and oxygen atoms in total. The normalized spacial score (nSPS) is 18.2. The van der Waals surface area contributed by atoms with Gasteiger partial charge in [-0.2, -0.15) is 0 Å². The average Bonchev–Trinajstić information content (AvgIpc) is 2.91. The van der Waals surface area contributed by atoms with E-state index in [4.69, 9.17) is 5.73 Å². The highest BCUT2D eigenvalue weighted by Gasteiger charge is 2.27. The topological polar surface area (TPSA) is 63.8 Å². The third kappa shape index (κ3) is 2.08. The van der Waals surface area contributed by atoms with Crippen molar-refractivity contribution in [1.82, 2.24) is 10.2 Å². The zero-order chi connectivity index (χ0) is 9.26. The molecule has 0 aromatic carbocycles. The van der Waals surface area contributed by atoms with Gasteiger partial charge < -0.3 is 11.1 Å². The van der Waals surface area contributed by atoms with Crippen LogP contribution in [0.15, 0.2) is 12.1 Å². The molecule has 0 aliphatic heterocycles. The first-order valence-electron chi connectivity index (χ1n) is 4.61. The van der Waals surface area contributed by atoms with E-state index in [9.17, 15) is 0 Å². The van der Waals surface area contributed by atoms with E-state index in [1.165, 1.54) is 12.8 Å². The second-order valence-corrected chi connectivity index (χ2v) is 3.61. The summed E-state index contributed by atoms with van der Waals surface area (Å²) in [6, 6.07) is 4.12. The van der Waals surface area contributed by atoms with Gasteiger partial charge in [0.1, 0.15) is 11.6 Å². The number of hydrogen-bond donors (Lipinski definition) is 2. The van der Waals surface area contributed by atoms with Crippen molar-refractivity contribution in [2.75, 3.05) is 11.1 Å². The molecule has 13 heavy (non-hydrogen) atoms. The molecule has 1 heterocycles. The minimum Gasteiger partial charge on any atom is -0.382 e. The first-order chi connectivity index (χ1) is 6.25. The Morgan fingerprint density at radius 2 is 2.23 bits per heavy atom. The summed E-state index contributed by atoms with van der Waals surface area (Å²) in [5, 5.41) is 11.0. The molecular formula is C9H14N4. The van der Waals surface area contributed by atoms with Crippen molar-refractivity contribution in [3.63, 3.8) is 0 Å². The van der Waals surface area contributed by atoms with E-state index in [0.717, 1.165) is 11.7 Å². The number of rotatable bonds is 3. The van der Waals surface area contributed by atoms with Gasteiger partial charge in [0, 0.05) is 6.04 Å². The van der Waals surface area contributed by atoms with Crippen LogP contribution in [0.4, 0.5) is 11.6 Å². The van der Waals surface area contributed by atoms with Crippen LogP contribution < -0.4 is 11.1 Å². The molecule has 0 bridgehead atoms. The number of nitrogen functional groups attached to an aromatic ring is 1. The van der Waals surface area contributed by atoms with Crippen molar-refractivity contribution >= 4 is 11.6 Å². The van der Waals surface area contributed by atoms with Gasteiger partial charge in [-0.3, -0.25) is 0 Å². The predicted molar refractivity (Wildman–Crippen MR) is 52.3 cm³/mol. The molecule has 1 aliphatic carbocycles. The van der Waals surface area contributed by atoms with Crippen LogP contribution >= 0.6 is 0 Å². The molecule has 0 radical (unpaired) electrons. The number of aromatic nitrogens is 2. The van der Waals surface area contributed by atoms with Gasteiger partial charge >= 0.3 is 0 Å². The quantitative estimate of drug-likeness (QED) is 0.731. The Kier molecular flexibility index (Phi) is 2.04. The average molecular weight is 178 g/mol. The van der Waals surface area contributed by atoms with Crippen molar-refractivity contribution in [2.45, 2.75) is 25.8 Å². The Morgan fingerprint density at radius 3 is 2.77 bits per heavy atom. The van der Waals surface area contributed by atoms with Crippen LogP contribution in [0, 0.1) is 5.92 Å². The SMILES string of the molecule is CC(Nc1ccc(N)nn1)C1CC1. The third-order valence-corrected chi connectivity index (χ3v) is 2.39. The predicted octanol–water partition coefficient (Wildman–Crippen LogP) is 1.27. The van der Waals surface area contributed by atoms with E-state index >= 15 is 0 Å². The number of anilines is 2. The molecule has 1 aromatic rings. The number of hydrogen-bond acceptors (Lipinski definition) is 4. The standard InChI is InChI=1S/C9H14N4/c1-6(7-2-3-7)11-9-5-4-8(10)12-13-9/h4-7H,2-3H2,1H3,(H2,10,12)(H,11,13). The zero-order valence-electron chi connectivity index (χ0n) is 7.70. The van der Waals surface area contributed by atoms with Gasteiger partial charge in [-0.15, -0.1) is 10.2 Å². The van der Waals surface area contributed by atoms with Crippen LogP contribution in [0.5, 0.6) is 0 Å². The van der Waals surface area contributed by atoms with Gasteiger partial charge in [0.15, 0.2) is 0 Å². The van der Waals surface area contributed by atoms with E-state index in [-0.39, 0.29) is 0 Å². The lowest BCUT2D eigenvalue weighted by molar-refractivity contribution is 0.688. The molecule has 1 unspecified atom stereocenters. The highest BCUT2D eigenvalue weighted by molar-refractivity contribution is 5.39. The van der Waals surface area contributed by atoms with Gasteiger partial charge in [-0.05, 0) is 37.8 Å². The second kappa shape index (κ2) is 3.20. The maximum absolute atomic E-state index is 5.43. The Hall–Kier alpha value is -1.32. The smallest absolute Gasteiger partial charge is 0.149 e. The molecule has 1 aliphatic rings. The van der Waals surface area contributed by atoms with Crippen LogP contribution in [0.1, 0.15) is 19.8 Å². The lowest BCUT2D eigenvalue weighted by Crippen LogP contribution is -2.18. The summed E-state index contributed by atoms with van der Waals surface area (Å²) in [5.41, 5.74) is 5.43. The molecule has 0 saturated heterocycles. The van der Waals surface area contributed by atoms with Gasteiger partial charge in [-0.1, -0.05) is 0 Å². The number of nitrogens with two attached hydrogens (primary N) is 1. The maximum Gasteiger partial charge on any atom is 0.149 e. The molecule has 4 heteroatoms. The largest absolute Gasteiger partial charge is 0.382 e.